The lowest BCUT2D eigenvalue weighted by atomic mass is 10.1. The highest BCUT2D eigenvalue weighted by molar-refractivity contribution is 6.13. The molecule has 67 heavy (non-hydrogen) atoms. The Balaban J connectivity index is 1.10. The van der Waals surface area contributed by atoms with E-state index in [4.69, 9.17) is 14.2 Å². The quantitative estimate of drug-likeness (QED) is 0.0500. The topological polar surface area (TPSA) is 266 Å². The maximum atomic E-state index is 13.8. The Bertz CT molecular complexity index is 2420. The van der Waals surface area contributed by atoms with Crippen molar-refractivity contribution in [1.82, 2.24) is 30.2 Å². The molecule has 0 radical (unpaired) electrons. The molecule has 3 aromatic rings. The van der Waals surface area contributed by atoms with Gasteiger partial charge in [-0.05, 0) is 56.4 Å². The summed E-state index contributed by atoms with van der Waals surface area (Å²) in [6.45, 7) is 2.90. The minimum Gasteiger partial charge on any atom is -0.467 e. The van der Waals surface area contributed by atoms with Crippen molar-refractivity contribution in [3.63, 3.8) is 0 Å². The zero-order valence-corrected chi connectivity index (χ0v) is 37.1. The number of H-pyrrole nitrogens is 1. The number of carbonyl (C=O) groups is 8. The summed E-state index contributed by atoms with van der Waals surface area (Å²) in [7, 11) is 1.09. The standard InChI is InChI=1S/C44H51F3N8O12/c1-26(2)37(60)52-42-51-36-35(39(62)53-42)49-28(24-48-36)25-55(41(64)44(45,46)47)29-12-10-27(11-13-29)38(61)50-32(40(63)65-3)15-14-30(56)8-6-22-66-43(19-4-5-20-43)67-23-7-9-31(57)18-21-54-33(58)16-17-34(54)59/h10-13,16-17,24,26,32H,4-9,14-15,18-23,25H2,1-3H3,(H,50,61)(H2,48,51,52,53,60,62)/t32-/m0/s1. The van der Waals surface area contributed by atoms with Crippen LogP contribution in [0.15, 0.2) is 47.4 Å². The average molecular weight is 941 g/mol. The molecule has 23 heteroatoms. The first kappa shape index (κ1) is 51.2. The second-order valence-electron chi connectivity index (χ2n) is 16.1. The van der Waals surface area contributed by atoms with Crippen molar-refractivity contribution in [1.29, 1.82) is 0 Å². The molecule has 1 fully saturated rings. The van der Waals surface area contributed by atoms with Crippen molar-refractivity contribution >= 4 is 69.9 Å². The first-order valence-electron chi connectivity index (χ1n) is 21.6. The van der Waals surface area contributed by atoms with Gasteiger partial charge in [0.25, 0.3) is 23.3 Å². The summed E-state index contributed by atoms with van der Waals surface area (Å²) >= 11 is 0. The van der Waals surface area contributed by atoms with Crippen LogP contribution in [0.4, 0.5) is 24.8 Å². The van der Waals surface area contributed by atoms with Crippen LogP contribution >= 0.6 is 0 Å². The molecular formula is C44H51F3N8O12. The van der Waals surface area contributed by atoms with E-state index in [1.54, 1.807) is 13.8 Å². The molecule has 3 N–H and O–H groups in total. The van der Waals surface area contributed by atoms with Gasteiger partial charge in [0.15, 0.2) is 17.0 Å². The van der Waals surface area contributed by atoms with Gasteiger partial charge < -0.3 is 19.5 Å². The first-order valence-corrected chi connectivity index (χ1v) is 21.6. The fraction of sp³-hybridized carbons (Fsp3) is 0.500. The van der Waals surface area contributed by atoms with Crippen molar-refractivity contribution < 1.29 is 65.7 Å². The summed E-state index contributed by atoms with van der Waals surface area (Å²) in [6, 6.07) is 3.11. The number of Topliss-reactive ketones (excluding diaryl/α,β-unsaturated/α-hetero) is 2. The molecule has 1 saturated carbocycles. The summed E-state index contributed by atoms with van der Waals surface area (Å²) in [5.41, 5.74) is -2.09. The van der Waals surface area contributed by atoms with Gasteiger partial charge in [0.2, 0.25) is 11.9 Å². The Morgan fingerprint density at radius 2 is 1.49 bits per heavy atom. The van der Waals surface area contributed by atoms with Crippen molar-refractivity contribution in [2.24, 2.45) is 5.92 Å². The molecule has 2 aliphatic rings. The van der Waals surface area contributed by atoms with E-state index < -0.39 is 71.5 Å². The zero-order chi connectivity index (χ0) is 48.9. The van der Waals surface area contributed by atoms with Gasteiger partial charge >= 0.3 is 18.1 Å². The number of rotatable bonds is 24. The van der Waals surface area contributed by atoms with Crippen LogP contribution in [0.3, 0.4) is 0 Å². The average Bonchev–Trinajstić information content (AvgIpc) is 3.90. The highest BCUT2D eigenvalue weighted by Crippen LogP contribution is 2.35. The van der Waals surface area contributed by atoms with E-state index in [0.717, 1.165) is 55.3 Å². The molecule has 20 nitrogen and oxygen atoms in total. The van der Waals surface area contributed by atoms with Gasteiger partial charge in [-0.15, -0.1) is 0 Å². The smallest absolute Gasteiger partial charge is 0.467 e. The molecule has 0 saturated heterocycles. The van der Waals surface area contributed by atoms with Crippen molar-refractivity contribution in [2.75, 3.05) is 37.1 Å². The number of ether oxygens (including phenoxy) is 3. The Morgan fingerprint density at radius 1 is 0.881 bits per heavy atom. The maximum Gasteiger partial charge on any atom is 0.471 e. The number of fused-ring (bicyclic) bond motifs is 1. The molecule has 5 rings (SSSR count). The largest absolute Gasteiger partial charge is 0.471 e. The molecule has 0 spiro atoms. The van der Waals surface area contributed by atoms with Crippen molar-refractivity contribution in [2.45, 2.75) is 109 Å². The fourth-order valence-electron chi connectivity index (χ4n) is 7.11. The number of amides is 5. The number of nitrogens with zero attached hydrogens (tertiary/aromatic N) is 5. The Hall–Kier alpha value is -6.75. The van der Waals surface area contributed by atoms with E-state index in [9.17, 15) is 56.3 Å². The number of alkyl halides is 3. The van der Waals surface area contributed by atoms with Crippen molar-refractivity contribution in [3.8, 4) is 0 Å². The maximum absolute atomic E-state index is 13.8. The Morgan fingerprint density at radius 3 is 2.07 bits per heavy atom. The highest BCUT2D eigenvalue weighted by atomic mass is 19.4. The second-order valence-corrected chi connectivity index (χ2v) is 16.1. The van der Waals surface area contributed by atoms with Crippen LogP contribution in [0, 0.1) is 5.92 Å². The monoisotopic (exact) mass is 940 g/mol. The Kier molecular flexibility index (Phi) is 17.7. The number of carbonyl (C=O) groups excluding carboxylic acids is 8. The number of hydrogen-bond acceptors (Lipinski definition) is 15. The molecule has 0 bridgehead atoms. The third-order valence-corrected chi connectivity index (χ3v) is 10.8. The molecule has 0 unspecified atom stereocenters. The molecule has 3 heterocycles. The van der Waals surface area contributed by atoms with Gasteiger partial charge in [-0.2, -0.15) is 18.2 Å². The van der Waals surface area contributed by atoms with Gasteiger partial charge in [0.05, 0.1) is 38.8 Å². The highest BCUT2D eigenvalue weighted by Gasteiger charge is 2.43. The van der Waals surface area contributed by atoms with E-state index in [1.165, 1.54) is 12.2 Å². The number of hydrogen-bond donors (Lipinski definition) is 3. The minimum atomic E-state index is -5.35. The molecule has 5 amide bonds. The van der Waals surface area contributed by atoms with Crippen molar-refractivity contribution in [3.05, 3.63) is 64.2 Å². The number of methoxy groups -OCH3 is 1. The predicted molar refractivity (Wildman–Crippen MR) is 230 cm³/mol. The summed E-state index contributed by atoms with van der Waals surface area (Å²) in [5, 5.41) is 4.89. The second kappa shape index (κ2) is 23.1. The van der Waals surface area contributed by atoms with E-state index >= 15 is 0 Å². The summed E-state index contributed by atoms with van der Waals surface area (Å²) < 4.78 is 58.4. The molecule has 1 aliphatic carbocycles. The van der Waals surface area contributed by atoms with Crippen LogP contribution in [0.1, 0.15) is 101 Å². The number of nitrogens with one attached hydrogen (secondary N) is 3. The molecule has 1 atom stereocenters. The lowest BCUT2D eigenvalue weighted by molar-refractivity contribution is -0.233. The van der Waals surface area contributed by atoms with E-state index in [1.807, 2.05) is 0 Å². The number of ketones is 2. The Labute approximate surface area is 381 Å². The van der Waals surface area contributed by atoms with Crippen LogP contribution in [-0.4, -0.2) is 117 Å². The van der Waals surface area contributed by atoms with Crippen LogP contribution < -0.4 is 21.1 Å². The van der Waals surface area contributed by atoms with E-state index in [0.29, 0.717) is 30.6 Å². The number of imide groups is 1. The first-order chi connectivity index (χ1) is 31.8. The van der Waals surface area contributed by atoms with Gasteiger partial charge in [-0.3, -0.25) is 58.5 Å². The zero-order valence-electron chi connectivity index (χ0n) is 37.1. The third kappa shape index (κ3) is 14.4. The number of anilines is 2. The fourth-order valence-corrected chi connectivity index (χ4v) is 7.11. The van der Waals surface area contributed by atoms with Gasteiger partial charge in [0.1, 0.15) is 17.6 Å². The number of aromatic amines is 1. The van der Waals surface area contributed by atoms with Gasteiger partial charge in [0, 0.05) is 74.4 Å². The van der Waals surface area contributed by atoms with E-state index in [-0.39, 0.29) is 97.5 Å². The molecular weight excluding hydrogens is 890 g/mol. The lowest BCUT2D eigenvalue weighted by Crippen LogP contribution is -2.42. The van der Waals surface area contributed by atoms with Gasteiger partial charge in [-0.25, -0.2) is 14.8 Å². The summed E-state index contributed by atoms with van der Waals surface area (Å²) in [6.07, 6.45) is 1.90. The number of esters is 1. The molecule has 360 valence electrons. The number of aromatic nitrogens is 4. The van der Waals surface area contributed by atoms with E-state index in [2.05, 4.69) is 30.6 Å². The van der Waals surface area contributed by atoms with Crippen LogP contribution in [0.2, 0.25) is 0 Å². The van der Waals surface area contributed by atoms with Crippen LogP contribution in [0.25, 0.3) is 11.2 Å². The van der Waals surface area contributed by atoms with Crippen LogP contribution in [0.5, 0.6) is 0 Å². The van der Waals surface area contributed by atoms with Gasteiger partial charge in [-0.1, -0.05) is 13.8 Å². The molecule has 2 aromatic heterocycles. The minimum absolute atomic E-state index is 0.0247. The lowest BCUT2D eigenvalue weighted by Gasteiger charge is -2.29. The number of benzene rings is 1. The summed E-state index contributed by atoms with van der Waals surface area (Å²) in [4.78, 5) is 128. The number of halogens is 3. The predicted octanol–water partition coefficient (Wildman–Crippen LogP) is 3.77. The normalized spacial score (nSPS) is 14.9. The summed E-state index contributed by atoms with van der Waals surface area (Å²) in [5.74, 6) is -7.12. The molecule has 1 aliphatic heterocycles. The third-order valence-electron chi connectivity index (χ3n) is 10.8. The molecule has 1 aromatic carbocycles. The SMILES string of the molecule is COC(=O)[C@H](CCC(=O)CCCOC1(OCCCC(=O)CCN2C(=O)C=CC2=O)CCCC1)NC(=O)c1ccc(N(Cc2cnc3nc(NC(=O)C(C)C)[nH]c(=O)c3n2)C(=O)C(F)(F)F)cc1. The van der Waals surface area contributed by atoms with Crippen LogP contribution in [-0.2, 0) is 54.3 Å².